The van der Waals surface area contributed by atoms with Gasteiger partial charge < -0.3 is 34.2 Å². The topological polar surface area (TPSA) is 136 Å². The fourth-order valence-corrected chi connectivity index (χ4v) is 4.95. The third-order valence-corrected chi connectivity index (χ3v) is 7.23. The number of rotatable bonds is 8. The number of hydrogen-bond donors (Lipinski definition) is 2. The summed E-state index contributed by atoms with van der Waals surface area (Å²) in [6.07, 6.45) is -1.39. The molecule has 2 fully saturated rings. The molecule has 0 saturated carbocycles. The molecule has 3 heterocycles. The van der Waals surface area contributed by atoms with Crippen LogP contribution >= 0.6 is 0 Å². The molecule has 1 aromatic heterocycles. The SMILES string of the molecule is COC(=O)O[C@H]1CCCN1C(=O)c1c(F)ccc(Nc2c(NC(c3ccc(C)o3)C3(C)COC3)c(=O)c2=O)c1F. The Hall–Kier alpha value is -4.26. The summed E-state index contributed by atoms with van der Waals surface area (Å²) in [6.45, 7) is 4.54. The normalized spacial score (nSPS) is 18.7. The van der Waals surface area contributed by atoms with Gasteiger partial charge in [-0.05, 0) is 37.6 Å². The van der Waals surface area contributed by atoms with Crippen molar-refractivity contribution in [2.75, 3.05) is 37.5 Å². The van der Waals surface area contributed by atoms with Gasteiger partial charge in [-0.3, -0.25) is 14.4 Å². The summed E-state index contributed by atoms with van der Waals surface area (Å²) in [5.74, 6) is -2.29. The molecule has 2 aliphatic rings. The Morgan fingerprint density at radius 2 is 1.85 bits per heavy atom. The average Bonchev–Trinajstić information content (AvgIpc) is 3.56. The van der Waals surface area contributed by atoms with Gasteiger partial charge in [0.15, 0.2) is 12.0 Å². The van der Waals surface area contributed by atoms with Gasteiger partial charge in [-0.2, -0.15) is 0 Å². The van der Waals surface area contributed by atoms with Gasteiger partial charge in [-0.15, -0.1) is 0 Å². The highest BCUT2D eigenvalue weighted by molar-refractivity contribution is 5.96. The van der Waals surface area contributed by atoms with E-state index in [9.17, 15) is 23.6 Å². The highest BCUT2D eigenvalue weighted by atomic mass is 19.1. The van der Waals surface area contributed by atoms with Gasteiger partial charge in [0, 0.05) is 18.4 Å². The van der Waals surface area contributed by atoms with Crippen LogP contribution in [0.5, 0.6) is 0 Å². The number of anilines is 3. The van der Waals surface area contributed by atoms with Gasteiger partial charge in [0.05, 0.1) is 32.1 Å². The summed E-state index contributed by atoms with van der Waals surface area (Å²) in [5.41, 5.74) is -3.82. The number of nitrogens with one attached hydrogen (secondary N) is 2. The van der Waals surface area contributed by atoms with Crippen LogP contribution in [-0.2, 0) is 14.2 Å². The zero-order chi connectivity index (χ0) is 28.8. The lowest BCUT2D eigenvalue weighted by molar-refractivity contribution is -0.115. The molecule has 2 atom stereocenters. The summed E-state index contributed by atoms with van der Waals surface area (Å²) in [5, 5.41) is 5.62. The van der Waals surface area contributed by atoms with Crippen LogP contribution in [0.2, 0.25) is 0 Å². The van der Waals surface area contributed by atoms with Crippen LogP contribution in [0, 0.1) is 24.0 Å². The number of ether oxygens (including phenoxy) is 3. The molecule has 3 aromatic rings. The zero-order valence-electron chi connectivity index (χ0n) is 22.0. The minimum atomic E-state index is -1.27. The van der Waals surface area contributed by atoms with E-state index in [-0.39, 0.29) is 24.3 Å². The zero-order valence-corrected chi connectivity index (χ0v) is 22.0. The molecule has 2 aliphatic heterocycles. The minimum Gasteiger partial charge on any atom is -0.464 e. The Labute approximate surface area is 226 Å². The van der Waals surface area contributed by atoms with Crippen LogP contribution in [-0.4, -0.2) is 50.1 Å². The fraction of sp³-hybridized carbons (Fsp3) is 0.407. The molecule has 40 heavy (non-hydrogen) atoms. The van der Waals surface area contributed by atoms with E-state index in [1.807, 2.05) is 6.92 Å². The van der Waals surface area contributed by atoms with Crippen LogP contribution in [0.3, 0.4) is 0 Å². The average molecular weight is 560 g/mol. The molecule has 0 spiro atoms. The molecule has 212 valence electrons. The van der Waals surface area contributed by atoms with Crippen molar-refractivity contribution >= 4 is 29.1 Å². The quantitative estimate of drug-likeness (QED) is 0.310. The Morgan fingerprint density at radius 1 is 1.12 bits per heavy atom. The summed E-state index contributed by atoms with van der Waals surface area (Å²) < 4.78 is 51.0. The number of methoxy groups -OCH3 is 1. The van der Waals surface area contributed by atoms with Crippen LogP contribution in [0.1, 0.15) is 47.7 Å². The predicted octanol–water partition coefficient (Wildman–Crippen LogP) is 3.74. The maximum absolute atomic E-state index is 15.6. The van der Waals surface area contributed by atoms with Crippen molar-refractivity contribution in [3.63, 3.8) is 0 Å². The van der Waals surface area contributed by atoms with E-state index in [0.717, 1.165) is 24.1 Å². The van der Waals surface area contributed by atoms with E-state index in [0.29, 0.717) is 31.2 Å². The summed E-state index contributed by atoms with van der Waals surface area (Å²) in [7, 11) is 1.10. The molecule has 2 aromatic carbocycles. The van der Waals surface area contributed by atoms with Gasteiger partial charge in [0.1, 0.15) is 34.3 Å². The third kappa shape index (κ3) is 4.70. The molecule has 0 aliphatic carbocycles. The van der Waals surface area contributed by atoms with E-state index < -0.39 is 63.5 Å². The summed E-state index contributed by atoms with van der Waals surface area (Å²) >= 11 is 0. The first-order valence-electron chi connectivity index (χ1n) is 12.6. The minimum absolute atomic E-state index is 0.0966. The van der Waals surface area contributed by atoms with Gasteiger partial charge in [0.25, 0.3) is 16.8 Å². The van der Waals surface area contributed by atoms with E-state index in [1.165, 1.54) is 0 Å². The lowest BCUT2D eigenvalue weighted by atomic mass is 9.79. The molecule has 0 radical (unpaired) electrons. The van der Waals surface area contributed by atoms with Gasteiger partial charge in [-0.1, -0.05) is 6.92 Å². The third-order valence-electron chi connectivity index (χ3n) is 7.23. The highest BCUT2D eigenvalue weighted by Crippen LogP contribution is 2.43. The first-order chi connectivity index (χ1) is 19.0. The maximum atomic E-state index is 15.6. The Bertz CT molecular complexity index is 1540. The smallest absolute Gasteiger partial charge is 0.464 e. The Kier molecular flexibility index (Phi) is 7.08. The van der Waals surface area contributed by atoms with Crippen molar-refractivity contribution in [2.45, 2.75) is 39.0 Å². The van der Waals surface area contributed by atoms with E-state index in [2.05, 4.69) is 15.4 Å². The number of nitrogens with zero attached hydrogens (tertiary/aromatic N) is 1. The first-order valence-corrected chi connectivity index (χ1v) is 12.6. The Balaban J connectivity index is 1.43. The molecular weight excluding hydrogens is 532 g/mol. The van der Waals surface area contributed by atoms with Crippen LogP contribution in [0.25, 0.3) is 0 Å². The number of benzene rings is 1. The van der Waals surface area contributed by atoms with Gasteiger partial charge in [-0.25, -0.2) is 13.6 Å². The van der Waals surface area contributed by atoms with E-state index in [1.54, 1.807) is 19.1 Å². The lowest BCUT2D eigenvalue weighted by Crippen LogP contribution is -2.49. The molecule has 13 heteroatoms. The predicted molar refractivity (Wildman–Crippen MR) is 137 cm³/mol. The second-order valence-corrected chi connectivity index (χ2v) is 10.2. The van der Waals surface area contributed by atoms with E-state index >= 15 is 4.39 Å². The molecule has 1 amide bonds. The molecule has 5 rings (SSSR count). The van der Waals surface area contributed by atoms with Crippen molar-refractivity contribution in [1.82, 2.24) is 4.90 Å². The second-order valence-electron chi connectivity index (χ2n) is 10.2. The van der Waals surface area contributed by atoms with E-state index in [4.69, 9.17) is 13.9 Å². The molecule has 0 bridgehead atoms. The van der Waals surface area contributed by atoms with Gasteiger partial charge in [0.2, 0.25) is 0 Å². The highest BCUT2D eigenvalue weighted by Gasteiger charge is 2.45. The molecule has 1 unspecified atom stereocenters. The number of amides is 1. The number of halogens is 2. The molecule has 2 saturated heterocycles. The van der Waals surface area contributed by atoms with Crippen molar-refractivity contribution in [3.05, 3.63) is 73.4 Å². The number of hydrogen-bond acceptors (Lipinski definition) is 10. The number of furan rings is 1. The monoisotopic (exact) mass is 559 g/mol. The van der Waals surface area contributed by atoms with Crippen molar-refractivity contribution in [1.29, 1.82) is 0 Å². The van der Waals surface area contributed by atoms with Crippen molar-refractivity contribution in [3.8, 4) is 0 Å². The molecule has 11 nitrogen and oxygen atoms in total. The van der Waals surface area contributed by atoms with Crippen LogP contribution < -0.4 is 21.5 Å². The van der Waals surface area contributed by atoms with Crippen molar-refractivity contribution < 1.29 is 37.0 Å². The van der Waals surface area contributed by atoms with Crippen LogP contribution in [0.4, 0.5) is 30.6 Å². The standard InChI is InChI=1S/C27H27F2N3O8/c1-13-6-9-16(39-13)24(27(2)11-38-12-27)31-21-20(22(33)23(21)34)30-15-8-7-14(28)18(19(15)29)25(35)32-10-4-5-17(32)40-26(36)37-3/h6-9,17,24,30-31H,4-5,10-12H2,1-3H3/t17-,24?/m0/s1. The number of carbonyl (C=O) groups excluding carboxylic acids is 2. The number of carbonyl (C=O) groups is 2. The summed E-state index contributed by atoms with van der Waals surface area (Å²) in [4.78, 5) is 50.8. The summed E-state index contributed by atoms with van der Waals surface area (Å²) in [6, 6.07) is 4.86. The van der Waals surface area contributed by atoms with Crippen LogP contribution in [0.15, 0.2) is 38.3 Å². The second kappa shape index (κ2) is 10.4. The Morgan fingerprint density at radius 3 is 2.48 bits per heavy atom. The maximum Gasteiger partial charge on any atom is 0.509 e. The van der Waals surface area contributed by atoms with Gasteiger partial charge >= 0.3 is 6.16 Å². The molecule has 2 N–H and O–H groups in total. The van der Waals surface area contributed by atoms with Crippen molar-refractivity contribution in [2.24, 2.45) is 5.41 Å². The number of aryl methyl sites for hydroxylation is 1. The number of likely N-dealkylation sites (tertiary alicyclic amines) is 1. The lowest BCUT2D eigenvalue weighted by Gasteiger charge is -2.44. The first kappa shape index (κ1) is 27.3. The molecular formula is C27H27F2N3O8. The largest absolute Gasteiger partial charge is 0.509 e. The fourth-order valence-electron chi connectivity index (χ4n) is 4.95.